The van der Waals surface area contributed by atoms with E-state index in [1.165, 1.54) is 0 Å². The number of barbiturate groups is 1. The second-order valence-electron chi connectivity index (χ2n) is 3.35. The molecule has 0 aliphatic carbocycles. The molecule has 0 radical (unpaired) electrons. The number of urea groups is 1. The molecule has 17 heavy (non-hydrogen) atoms. The molecule has 0 aromatic carbocycles. The van der Waals surface area contributed by atoms with Crippen LogP contribution in [-0.2, 0) is 14.4 Å². The van der Waals surface area contributed by atoms with Crippen molar-refractivity contribution in [3.63, 3.8) is 0 Å². The second kappa shape index (κ2) is 5.37. The molecule has 1 fully saturated rings. The van der Waals surface area contributed by atoms with Gasteiger partial charge in [-0.1, -0.05) is 0 Å². The van der Waals surface area contributed by atoms with Crippen molar-refractivity contribution in [2.24, 2.45) is 0 Å². The first-order valence-electron chi connectivity index (χ1n) is 5.04. The van der Waals surface area contributed by atoms with Crippen LogP contribution in [0.3, 0.4) is 0 Å². The predicted molar refractivity (Wildman–Crippen MR) is 53.4 cm³/mol. The zero-order valence-corrected chi connectivity index (χ0v) is 9.16. The van der Waals surface area contributed by atoms with E-state index in [2.05, 4.69) is 5.32 Å². The average Bonchev–Trinajstić information content (AvgIpc) is 2.26. The topological polar surface area (TPSA) is 95.6 Å². The first-order valence-corrected chi connectivity index (χ1v) is 5.04. The Labute approximate surface area is 96.3 Å². The Kier molecular flexibility index (Phi) is 4.13. The number of imide groups is 2. The SMILES string of the molecule is CCNC(=O)CCN1C(=O)NC(=O)C(F)C1=O. The van der Waals surface area contributed by atoms with Crippen LogP contribution in [0.5, 0.6) is 0 Å². The third kappa shape index (κ3) is 2.99. The third-order valence-electron chi connectivity index (χ3n) is 2.12. The van der Waals surface area contributed by atoms with Gasteiger partial charge in [0.15, 0.2) is 0 Å². The van der Waals surface area contributed by atoms with Crippen molar-refractivity contribution in [3.05, 3.63) is 0 Å². The lowest BCUT2D eigenvalue weighted by Crippen LogP contribution is -2.59. The van der Waals surface area contributed by atoms with Crippen molar-refractivity contribution in [3.8, 4) is 0 Å². The third-order valence-corrected chi connectivity index (χ3v) is 2.12. The fraction of sp³-hybridized carbons (Fsp3) is 0.556. The fourth-order valence-electron chi connectivity index (χ4n) is 1.30. The largest absolute Gasteiger partial charge is 0.356 e. The maximum atomic E-state index is 13.0. The van der Waals surface area contributed by atoms with Gasteiger partial charge in [-0.15, -0.1) is 0 Å². The number of halogens is 1. The molecule has 0 bridgehead atoms. The molecule has 0 saturated carbocycles. The van der Waals surface area contributed by atoms with Crippen LogP contribution in [0.2, 0.25) is 0 Å². The maximum absolute atomic E-state index is 13.0. The molecular weight excluding hydrogens is 233 g/mol. The Hall–Kier alpha value is -1.99. The van der Waals surface area contributed by atoms with E-state index in [1.807, 2.05) is 0 Å². The Morgan fingerprint density at radius 1 is 1.47 bits per heavy atom. The summed E-state index contributed by atoms with van der Waals surface area (Å²) < 4.78 is 13.0. The number of nitrogens with zero attached hydrogens (tertiary/aromatic N) is 1. The minimum absolute atomic E-state index is 0.131. The van der Waals surface area contributed by atoms with Crippen LogP contribution in [0.4, 0.5) is 9.18 Å². The van der Waals surface area contributed by atoms with Crippen LogP contribution in [0.25, 0.3) is 0 Å². The predicted octanol–water partition coefficient (Wildman–Crippen LogP) is -1.07. The molecule has 8 heteroatoms. The minimum Gasteiger partial charge on any atom is -0.356 e. The highest BCUT2D eigenvalue weighted by atomic mass is 19.1. The first kappa shape index (κ1) is 13.1. The molecule has 1 unspecified atom stereocenters. The molecule has 0 aromatic rings. The van der Waals surface area contributed by atoms with Gasteiger partial charge in [-0.25, -0.2) is 9.18 Å². The summed E-state index contributed by atoms with van der Waals surface area (Å²) in [5.41, 5.74) is 0. The minimum atomic E-state index is -2.39. The summed E-state index contributed by atoms with van der Waals surface area (Å²) in [7, 11) is 0. The number of hydrogen-bond donors (Lipinski definition) is 2. The van der Waals surface area contributed by atoms with Gasteiger partial charge in [0.25, 0.3) is 18.0 Å². The van der Waals surface area contributed by atoms with Gasteiger partial charge in [0.2, 0.25) is 5.91 Å². The molecule has 1 aliphatic heterocycles. The highest BCUT2D eigenvalue weighted by Crippen LogP contribution is 2.07. The van der Waals surface area contributed by atoms with E-state index in [-0.39, 0.29) is 18.9 Å². The standard InChI is InChI=1S/C9H12FN3O4/c1-2-11-5(14)3-4-13-8(16)6(10)7(15)12-9(13)17/h6H,2-4H2,1H3,(H,11,14)(H,12,15,17). The Morgan fingerprint density at radius 3 is 2.71 bits per heavy atom. The number of carbonyl (C=O) groups is 4. The molecule has 1 aliphatic rings. The van der Waals surface area contributed by atoms with Crippen molar-refractivity contribution < 1.29 is 23.6 Å². The van der Waals surface area contributed by atoms with E-state index in [0.29, 0.717) is 11.4 Å². The van der Waals surface area contributed by atoms with E-state index in [4.69, 9.17) is 0 Å². The van der Waals surface area contributed by atoms with Gasteiger partial charge in [-0.3, -0.25) is 24.6 Å². The Bertz CT molecular complexity index is 371. The highest BCUT2D eigenvalue weighted by Gasteiger charge is 2.40. The van der Waals surface area contributed by atoms with Gasteiger partial charge in [-0.05, 0) is 6.92 Å². The smallest absolute Gasteiger partial charge is 0.330 e. The van der Waals surface area contributed by atoms with Crippen molar-refractivity contribution in [1.82, 2.24) is 15.5 Å². The molecule has 7 nitrogen and oxygen atoms in total. The molecule has 94 valence electrons. The quantitative estimate of drug-likeness (QED) is 0.616. The fourth-order valence-corrected chi connectivity index (χ4v) is 1.30. The van der Waals surface area contributed by atoms with E-state index >= 15 is 0 Å². The molecule has 5 amide bonds. The molecule has 1 saturated heterocycles. The van der Waals surface area contributed by atoms with Gasteiger partial charge >= 0.3 is 6.03 Å². The second-order valence-corrected chi connectivity index (χ2v) is 3.35. The maximum Gasteiger partial charge on any atom is 0.330 e. The summed E-state index contributed by atoms with van der Waals surface area (Å²) in [5, 5.41) is 4.15. The number of hydrogen-bond acceptors (Lipinski definition) is 4. The number of carbonyl (C=O) groups excluding carboxylic acids is 4. The lowest BCUT2D eigenvalue weighted by atomic mass is 10.2. The van der Waals surface area contributed by atoms with Crippen molar-refractivity contribution in [1.29, 1.82) is 0 Å². The number of rotatable bonds is 4. The molecule has 2 N–H and O–H groups in total. The first-order chi connectivity index (χ1) is 7.97. The van der Waals surface area contributed by atoms with Gasteiger partial charge < -0.3 is 5.32 Å². The molecule has 0 spiro atoms. The van der Waals surface area contributed by atoms with Crippen molar-refractivity contribution in [2.75, 3.05) is 13.1 Å². The molecule has 0 aromatic heterocycles. The lowest BCUT2D eigenvalue weighted by Gasteiger charge is -2.26. The van der Waals surface area contributed by atoms with Crippen molar-refractivity contribution >= 4 is 23.8 Å². The Morgan fingerprint density at radius 2 is 2.12 bits per heavy atom. The lowest BCUT2D eigenvalue weighted by molar-refractivity contribution is -0.143. The Balaban J connectivity index is 2.58. The molecule has 1 rings (SSSR count). The normalized spacial score (nSPS) is 20.2. The number of alkyl halides is 1. The zero-order valence-electron chi connectivity index (χ0n) is 9.16. The number of amides is 5. The summed E-state index contributed by atoms with van der Waals surface area (Å²) in [4.78, 5) is 44.8. The molecular formula is C9H12FN3O4. The average molecular weight is 245 g/mol. The molecule has 1 atom stereocenters. The van der Waals surface area contributed by atoms with E-state index in [0.717, 1.165) is 0 Å². The monoisotopic (exact) mass is 245 g/mol. The van der Waals surface area contributed by atoms with Gasteiger partial charge in [0, 0.05) is 19.5 Å². The highest BCUT2D eigenvalue weighted by molar-refractivity contribution is 6.18. The van der Waals surface area contributed by atoms with Gasteiger partial charge in [0.05, 0.1) is 0 Å². The van der Waals surface area contributed by atoms with Gasteiger partial charge in [0.1, 0.15) is 0 Å². The summed E-state index contributed by atoms with van der Waals surface area (Å²) in [6, 6.07) is -1.00. The van der Waals surface area contributed by atoms with Crippen LogP contribution in [0.1, 0.15) is 13.3 Å². The van der Waals surface area contributed by atoms with Crippen molar-refractivity contribution in [2.45, 2.75) is 19.5 Å². The van der Waals surface area contributed by atoms with E-state index < -0.39 is 24.0 Å². The van der Waals surface area contributed by atoms with Gasteiger partial charge in [-0.2, -0.15) is 0 Å². The van der Waals surface area contributed by atoms with E-state index in [9.17, 15) is 23.6 Å². The number of nitrogens with one attached hydrogen (secondary N) is 2. The van der Waals surface area contributed by atoms with Crippen LogP contribution < -0.4 is 10.6 Å². The summed E-state index contributed by atoms with van der Waals surface area (Å²) in [6.07, 6.45) is -2.52. The summed E-state index contributed by atoms with van der Waals surface area (Å²) in [5.74, 6) is -2.86. The summed E-state index contributed by atoms with van der Waals surface area (Å²) >= 11 is 0. The van der Waals surface area contributed by atoms with Crippen LogP contribution in [0, 0.1) is 0 Å². The van der Waals surface area contributed by atoms with Crippen LogP contribution in [0.15, 0.2) is 0 Å². The zero-order chi connectivity index (χ0) is 13.0. The van der Waals surface area contributed by atoms with Crippen LogP contribution in [-0.4, -0.2) is 47.9 Å². The van der Waals surface area contributed by atoms with Crippen LogP contribution >= 0.6 is 0 Å². The summed E-state index contributed by atoms with van der Waals surface area (Å²) in [6.45, 7) is 1.88. The molecule has 1 heterocycles. The van der Waals surface area contributed by atoms with E-state index in [1.54, 1.807) is 12.2 Å².